The van der Waals surface area contributed by atoms with Crippen molar-refractivity contribution >= 4 is 39.1 Å². The van der Waals surface area contributed by atoms with Crippen molar-refractivity contribution in [3.63, 3.8) is 0 Å². The van der Waals surface area contributed by atoms with Crippen LogP contribution in [0.15, 0.2) is 46.2 Å². The zero-order valence-electron chi connectivity index (χ0n) is 13.8. The van der Waals surface area contributed by atoms with Gasteiger partial charge in [0, 0.05) is 22.6 Å². The smallest absolute Gasteiger partial charge is 0.261 e. The molecule has 0 saturated carbocycles. The molecule has 0 saturated heterocycles. The first-order valence-electron chi connectivity index (χ1n) is 7.92. The molecule has 0 radical (unpaired) electrons. The van der Waals surface area contributed by atoms with Crippen LogP contribution in [0.25, 0.3) is 0 Å². The fraction of sp³-hybridized carbons (Fsp3) is 0.235. The number of thioether (sulfide) groups is 1. The zero-order valence-corrected chi connectivity index (χ0v) is 15.4. The second-order valence-corrected chi connectivity index (χ2v) is 8.78. The minimum absolute atomic E-state index is 0.0735. The van der Waals surface area contributed by atoms with Crippen molar-refractivity contribution in [2.24, 2.45) is 5.92 Å². The first kappa shape index (κ1) is 17.0. The third-order valence-electron chi connectivity index (χ3n) is 4.08. The van der Waals surface area contributed by atoms with Gasteiger partial charge in [-0.1, -0.05) is 6.92 Å². The van der Waals surface area contributed by atoms with Crippen molar-refractivity contribution in [1.29, 1.82) is 0 Å². The molecule has 2 N–H and O–H groups in total. The van der Waals surface area contributed by atoms with Crippen LogP contribution >= 0.6 is 11.8 Å². The van der Waals surface area contributed by atoms with Gasteiger partial charge >= 0.3 is 0 Å². The maximum absolute atomic E-state index is 12.7. The number of fused-ring (bicyclic) bond motifs is 2. The average Bonchev–Trinajstić information content (AvgIpc) is 3.01. The average molecular weight is 392 g/mol. The van der Waals surface area contributed by atoms with Gasteiger partial charge in [0.1, 0.15) is 0 Å². The molecule has 1 atom stereocenters. The molecule has 0 spiro atoms. The van der Waals surface area contributed by atoms with E-state index in [1.165, 1.54) is 23.9 Å². The number of anilines is 2. The SMILES string of the molecule is CC1CSc2ccc(S(=O)(=O)Nc3ccc4c(c3)OCO4)cc2NC1=O. The highest BCUT2D eigenvalue weighted by Crippen LogP contribution is 2.36. The highest BCUT2D eigenvalue weighted by atomic mass is 32.2. The van der Waals surface area contributed by atoms with Crippen molar-refractivity contribution in [1.82, 2.24) is 0 Å². The van der Waals surface area contributed by atoms with Crippen LogP contribution in [0.4, 0.5) is 11.4 Å². The summed E-state index contributed by atoms with van der Waals surface area (Å²) in [6.45, 7) is 1.96. The molecule has 0 fully saturated rings. The molecule has 0 aromatic heterocycles. The van der Waals surface area contributed by atoms with Gasteiger partial charge in [0.2, 0.25) is 12.7 Å². The zero-order chi connectivity index (χ0) is 18.3. The fourth-order valence-electron chi connectivity index (χ4n) is 2.62. The van der Waals surface area contributed by atoms with E-state index in [2.05, 4.69) is 10.0 Å². The fourth-order valence-corrected chi connectivity index (χ4v) is 4.71. The van der Waals surface area contributed by atoms with Crippen LogP contribution in [-0.4, -0.2) is 26.9 Å². The van der Waals surface area contributed by atoms with E-state index in [0.717, 1.165) is 4.90 Å². The van der Waals surface area contributed by atoms with Crippen molar-refractivity contribution in [3.8, 4) is 11.5 Å². The molecular weight excluding hydrogens is 376 g/mol. The lowest BCUT2D eigenvalue weighted by Gasteiger charge is -2.12. The molecule has 2 heterocycles. The van der Waals surface area contributed by atoms with E-state index < -0.39 is 10.0 Å². The lowest BCUT2D eigenvalue weighted by atomic mass is 10.2. The van der Waals surface area contributed by atoms with Gasteiger partial charge in [-0.2, -0.15) is 0 Å². The van der Waals surface area contributed by atoms with Crippen LogP contribution in [0.1, 0.15) is 6.92 Å². The predicted octanol–water partition coefficient (Wildman–Crippen LogP) is 2.90. The number of sulfonamides is 1. The molecule has 7 nitrogen and oxygen atoms in total. The second kappa shape index (κ2) is 6.40. The van der Waals surface area contributed by atoms with E-state index >= 15 is 0 Å². The standard InChI is InChI=1S/C17H16N2O5S2/c1-10-8-25-16-5-3-12(7-13(16)18-17(10)20)26(21,22)19-11-2-4-14-15(6-11)24-9-23-14/h2-7,10,19H,8-9H2,1H3,(H,18,20). The van der Waals surface area contributed by atoms with Crippen molar-refractivity contribution in [2.75, 3.05) is 22.6 Å². The van der Waals surface area contributed by atoms with Crippen LogP contribution in [0.3, 0.4) is 0 Å². The van der Waals surface area contributed by atoms with E-state index in [9.17, 15) is 13.2 Å². The number of hydrogen-bond acceptors (Lipinski definition) is 6. The van der Waals surface area contributed by atoms with Gasteiger partial charge in [0.05, 0.1) is 16.3 Å². The van der Waals surface area contributed by atoms with E-state index in [4.69, 9.17) is 9.47 Å². The lowest BCUT2D eigenvalue weighted by molar-refractivity contribution is -0.118. The Hall–Kier alpha value is -2.39. The van der Waals surface area contributed by atoms with Gasteiger partial charge in [-0.15, -0.1) is 11.8 Å². The van der Waals surface area contributed by atoms with E-state index in [1.54, 1.807) is 24.3 Å². The summed E-state index contributed by atoms with van der Waals surface area (Å²) in [7, 11) is -3.81. The monoisotopic (exact) mass is 392 g/mol. The number of benzene rings is 2. The summed E-state index contributed by atoms with van der Waals surface area (Å²) in [5.41, 5.74) is 0.883. The lowest BCUT2D eigenvalue weighted by Crippen LogP contribution is -2.20. The van der Waals surface area contributed by atoms with Crippen LogP contribution in [0.5, 0.6) is 11.5 Å². The van der Waals surface area contributed by atoms with Crippen LogP contribution < -0.4 is 19.5 Å². The Labute approximate surface area is 155 Å². The normalized spacial score (nSPS) is 18.7. The summed E-state index contributed by atoms with van der Waals surface area (Å²) in [6.07, 6.45) is 0. The first-order valence-corrected chi connectivity index (χ1v) is 10.4. The molecule has 0 bridgehead atoms. The second-order valence-electron chi connectivity index (χ2n) is 6.03. The molecule has 4 rings (SSSR count). The molecule has 9 heteroatoms. The Morgan fingerprint density at radius 3 is 2.81 bits per heavy atom. The molecule has 1 amide bonds. The molecule has 2 aliphatic rings. The maximum atomic E-state index is 12.7. The molecule has 136 valence electrons. The largest absolute Gasteiger partial charge is 0.454 e. The van der Waals surface area contributed by atoms with E-state index in [-0.39, 0.29) is 23.5 Å². The Morgan fingerprint density at radius 2 is 1.96 bits per heavy atom. The Balaban J connectivity index is 1.62. The molecule has 1 unspecified atom stereocenters. The van der Waals surface area contributed by atoms with E-state index in [1.807, 2.05) is 6.92 Å². The third kappa shape index (κ3) is 3.19. The van der Waals surface area contributed by atoms with Crippen LogP contribution in [-0.2, 0) is 14.8 Å². The molecular formula is C17H16N2O5S2. The highest BCUT2D eigenvalue weighted by molar-refractivity contribution is 7.99. The van der Waals surface area contributed by atoms with Crippen LogP contribution in [0, 0.1) is 5.92 Å². The van der Waals surface area contributed by atoms with Gasteiger partial charge in [-0.3, -0.25) is 9.52 Å². The quantitative estimate of drug-likeness (QED) is 0.834. The number of nitrogens with one attached hydrogen (secondary N) is 2. The number of carbonyl (C=O) groups is 1. The molecule has 26 heavy (non-hydrogen) atoms. The summed E-state index contributed by atoms with van der Waals surface area (Å²) >= 11 is 1.53. The van der Waals surface area contributed by atoms with Gasteiger partial charge in [0.15, 0.2) is 11.5 Å². The van der Waals surface area contributed by atoms with Gasteiger partial charge in [0.25, 0.3) is 10.0 Å². The number of ether oxygens (including phenoxy) is 2. The minimum atomic E-state index is -3.81. The Morgan fingerprint density at radius 1 is 1.15 bits per heavy atom. The van der Waals surface area contributed by atoms with Crippen molar-refractivity contribution in [3.05, 3.63) is 36.4 Å². The Kier molecular flexibility index (Phi) is 4.20. The van der Waals surface area contributed by atoms with Gasteiger partial charge in [-0.25, -0.2) is 8.42 Å². The van der Waals surface area contributed by atoms with Gasteiger partial charge in [-0.05, 0) is 30.3 Å². The van der Waals surface area contributed by atoms with Crippen LogP contribution in [0.2, 0.25) is 0 Å². The summed E-state index contributed by atoms with van der Waals surface area (Å²) in [6, 6.07) is 9.55. The maximum Gasteiger partial charge on any atom is 0.261 e. The highest BCUT2D eigenvalue weighted by Gasteiger charge is 2.23. The summed E-state index contributed by atoms with van der Waals surface area (Å²) < 4.78 is 38.4. The van der Waals surface area contributed by atoms with Crippen molar-refractivity contribution < 1.29 is 22.7 Å². The molecule has 2 aromatic carbocycles. The van der Waals surface area contributed by atoms with Gasteiger partial charge < -0.3 is 14.8 Å². The molecule has 0 aliphatic carbocycles. The van der Waals surface area contributed by atoms with Crippen molar-refractivity contribution in [2.45, 2.75) is 16.7 Å². The third-order valence-corrected chi connectivity index (χ3v) is 6.79. The molecule has 2 aromatic rings. The minimum Gasteiger partial charge on any atom is -0.454 e. The Bertz CT molecular complexity index is 991. The summed E-state index contributed by atoms with van der Waals surface area (Å²) in [5, 5.41) is 2.79. The predicted molar refractivity (Wildman–Crippen MR) is 98.3 cm³/mol. The first-order chi connectivity index (χ1) is 12.4. The number of amides is 1. The topological polar surface area (TPSA) is 93.7 Å². The number of carbonyl (C=O) groups excluding carboxylic acids is 1. The number of rotatable bonds is 3. The molecule has 2 aliphatic heterocycles. The summed E-state index contributed by atoms with van der Waals surface area (Å²) in [5.74, 6) is 1.46. The number of hydrogen-bond donors (Lipinski definition) is 2. The summed E-state index contributed by atoms with van der Waals surface area (Å²) in [4.78, 5) is 12.9. The van der Waals surface area contributed by atoms with E-state index in [0.29, 0.717) is 28.6 Å².